The molecule has 0 aliphatic heterocycles. The zero-order valence-electron chi connectivity index (χ0n) is 29.3. The molecule has 0 aliphatic carbocycles. The second kappa shape index (κ2) is 14.3. The Bertz CT molecular complexity index is 2800. The number of aromatic nitrogens is 3. The first-order chi connectivity index (χ1) is 26.7. The van der Waals surface area contributed by atoms with Gasteiger partial charge in [-0.2, -0.15) is 5.26 Å². The van der Waals surface area contributed by atoms with E-state index in [9.17, 15) is 5.26 Å². The van der Waals surface area contributed by atoms with Gasteiger partial charge in [0.2, 0.25) is 0 Å². The summed E-state index contributed by atoms with van der Waals surface area (Å²) in [7, 11) is 0. The van der Waals surface area contributed by atoms with Gasteiger partial charge >= 0.3 is 0 Å². The molecule has 54 heavy (non-hydrogen) atoms. The molecule has 252 valence electrons. The largest absolute Gasteiger partial charge is 0.208 e. The van der Waals surface area contributed by atoms with E-state index in [0.29, 0.717) is 23.0 Å². The van der Waals surface area contributed by atoms with Gasteiger partial charge in [0.25, 0.3) is 0 Å². The van der Waals surface area contributed by atoms with Crippen LogP contribution in [0.4, 0.5) is 0 Å². The fourth-order valence-electron chi connectivity index (χ4n) is 7.03. The van der Waals surface area contributed by atoms with E-state index in [1.54, 1.807) is 0 Å². The summed E-state index contributed by atoms with van der Waals surface area (Å²) in [6.07, 6.45) is 0. The summed E-state index contributed by atoms with van der Waals surface area (Å²) < 4.78 is 0. The molecule has 1 aromatic heterocycles. The van der Waals surface area contributed by atoms with Gasteiger partial charge in [-0.25, -0.2) is 15.0 Å². The van der Waals surface area contributed by atoms with Gasteiger partial charge in [0.1, 0.15) is 0 Å². The second-order valence-electron chi connectivity index (χ2n) is 13.2. The Morgan fingerprint density at radius 3 is 1.33 bits per heavy atom. The lowest BCUT2D eigenvalue weighted by atomic mass is 9.91. The standard InChI is InChI=1S/C50H32N4/c51-33-34-11-9-16-41(31-34)37-21-25-38(26-22-37)44-29-30-45(47-20-8-7-19-46(44)47)42-17-10-18-43(32-42)50-53-48(39-14-5-2-6-15-39)52-49(54-50)40-27-23-36(24-28-40)35-12-3-1-4-13-35/h1-32H. The monoisotopic (exact) mass is 688 g/mol. The van der Waals surface area contributed by atoms with E-state index in [2.05, 4.69) is 140 Å². The number of hydrogen-bond donors (Lipinski definition) is 0. The third-order valence-electron chi connectivity index (χ3n) is 9.79. The van der Waals surface area contributed by atoms with Crippen LogP contribution in [0.15, 0.2) is 194 Å². The molecule has 8 aromatic carbocycles. The van der Waals surface area contributed by atoms with Crippen molar-refractivity contribution in [2.75, 3.05) is 0 Å². The Morgan fingerprint density at radius 2 is 0.704 bits per heavy atom. The third-order valence-corrected chi connectivity index (χ3v) is 9.79. The van der Waals surface area contributed by atoms with Crippen molar-refractivity contribution < 1.29 is 0 Å². The summed E-state index contributed by atoms with van der Waals surface area (Å²) in [5, 5.41) is 11.7. The molecule has 0 spiro atoms. The molecule has 0 unspecified atom stereocenters. The molecule has 9 aromatic rings. The molecule has 0 atom stereocenters. The van der Waals surface area contributed by atoms with Crippen molar-refractivity contribution in [3.05, 3.63) is 200 Å². The van der Waals surface area contributed by atoms with Gasteiger partial charge in [-0.3, -0.25) is 0 Å². The summed E-state index contributed by atoms with van der Waals surface area (Å²) in [4.78, 5) is 15.0. The van der Waals surface area contributed by atoms with Crippen molar-refractivity contribution in [1.29, 1.82) is 5.26 Å². The number of hydrogen-bond acceptors (Lipinski definition) is 4. The Balaban J connectivity index is 1.09. The van der Waals surface area contributed by atoms with Crippen molar-refractivity contribution in [2.45, 2.75) is 0 Å². The van der Waals surface area contributed by atoms with Crippen molar-refractivity contribution in [1.82, 2.24) is 15.0 Å². The van der Waals surface area contributed by atoms with Crippen LogP contribution in [0.25, 0.3) is 89.4 Å². The van der Waals surface area contributed by atoms with E-state index in [-0.39, 0.29) is 0 Å². The number of fused-ring (bicyclic) bond motifs is 1. The molecule has 4 heteroatoms. The molecule has 0 bridgehead atoms. The highest BCUT2D eigenvalue weighted by Gasteiger charge is 2.15. The van der Waals surface area contributed by atoms with Crippen LogP contribution in [0.3, 0.4) is 0 Å². The molecular weight excluding hydrogens is 657 g/mol. The fraction of sp³-hybridized carbons (Fsp3) is 0. The first-order valence-corrected chi connectivity index (χ1v) is 17.9. The quantitative estimate of drug-likeness (QED) is 0.167. The number of benzene rings is 8. The summed E-state index contributed by atoms with van der Waals surface area (Å²) in [6, 6.07) is 68.9. The second-order valence-corrected chi connectivity index (χ2v) is 13.2. The van der Waals surface area contributed by atoms with Gasteiger partial charge in [-0.05, 0) is 73.5 Å². The number of rotatable bonds is 7. The predicted molar refractivity (Wildman–Crippen MR) is 220 cm³/mol. The minimum atomic E-state index is 0.620. The van der Waals surface area contributed by atoms with Crippen molar-refractivity contribution >= 4 is 10.8 Å². The molecule has 4 nitrogen and oxygen atoms in total. The summed E-state index contributed by atoms with van der Waals surface area (Å²) in [6.45, 7) is 0. The molecule has 9 rings (SSSR count). The lowest BCUT2D eigenvalue weighted by molar-refractivity contribution is 1.07. The van der Waals surface area contributed by atoms with Crippen LogP contribution < -0.4 is 0 Å². The van der Waals surface area contributed by atoms with Gasteiger partial charge in [0, 0.05) is 16.7 Å². The normalized spacial score (nSPS) is 10.9. The van der Waals surface area contributed by atoms with Gasteiger partial charge in [0.05, 0.1) is 11.6 Å². The van der Waals surface area contributed by atoms with Gasteiger partial charge in [-0.15, -0.1) is 0 Å². The van der Waals surface area contributed by atoms with Crippen LogP contribution in [-0.4, -0.2) is 15.0 Å². The van der Waals surface area contributed by atoms with E-state index < -0.39 is 0 Å². The first kappa shape index (κ1) is 32.4. The van der Waals surface area contributed by atoms with Crippen LogP contribution in [0.2, 0.25) is 0 Å². The van der Waals surface area contributed by atoms with Crippen LogP contribution in [0, 0.1) is 11.3 Å². The molecule has 0 amide bonds. The smallest absolute Gasteiger partial charge is 0.164 e. The van der Waals surface area contributed by atoms with Crippen molar-refractivity contribution in [3.63, 3.8) is 0 Å². The Morgan fingerprint density at radius 1 is 0.296 bits per heavy atom. The number of nitrogens with zero attached hydrogens (tertiary/aromatic N) is 4. The Kier molecular flexibility index (Phi) is 8.57. The summed E-state index contributed by atoms with van der Waals surface area (Å²) in [5.74, 6) is 1.88. The van der Waals surface area contributed by atoms with Crippen molar-refractivity contribution in [3.8, 4) is 84.7 Å². The van der Waals surface area contributed by atoms with Gasteiger partial charge in [-0.1, -0.05) is 176 Å². The summed E-state index contributed by atoms with van der Waals surface area (Å²) in [5.41, 5.74) is 12.4. The molecule has 1 heterocycles. The number of nitriles is 1. The van der Waals surface area contributed by atoms with Crippen LogP contribution in [0.1, 0.15) is 5.56 Å². The highest BCUT2D eigenvalue weighted by atomic mass is 15.0. The topological polar surface area (TPSA) is 62.5 Å². The van der Waals surface area contributed by atoms with Crippen molar-refractivity contribution in [2.24, 2.45) is 0 Å². The predicted octanol–water partition coefficient (Wildman–Crippen LogP) is 12.6. The minimum Gasteiger partial charge on any atom is -0.208 e. The minimum absolute atomic E-state index is 0.620. The zero-order valence-corrected chi connectivity index (χ0v) is 29.3. The molecule has 0 aliphatic rings. The third kappa shape index (κ3) is 6.43. The van der Waals surface area contributed by atoms with E-state index in [1.165, 1.54) is 10.9 Å². The zero-order chi connectivity index (χ0) is 36.3. The molecule has 0 fully saturated rings. The molecule has 0 saturated carbocycles. The molecule has 0 radical (unpaired) electrons. The highest BCUT2D eigenvalue weighted by Crippen LogP contribution is 2.38. The SMILES string of the molecule is N#Cc1cccc(-c2ccc(-c3ccc(-c4cccc(-c5nc(-c6ccccc6)nc(-c6ccc(-c7ccccc7)cc6)n5)c4)c4ccccc34)cc2)c1. The van der Waals surface area contributed by atoms with Crippen LogP contribution in [-0.2, 0) is 0 Å². The van der Waals surface area contributed by atoms with Gasteiger partial charge in [0.15, 0.2) is 17.5 Å². The van der Waals surface area contributed by atoms with E-state index in [4.69, 9.17) is 15.0 Å². The maximum atomic E-state index is 9.37. The highest BCUT2D eigenvalue weighted by molar-refractivity contribution is 6.05. The Hall–Kier alpha value is -7.48. The summed E-state index contributed by atoms with van der Waals surface area (Å²) >= 11 is 0. The molecular formula is C50H32N4. The average Bonchev–Trinajstić information content (AvgIpc) is 3.26. The maximum absolute atomic E-state index is 9.37. The fourth-order valence-corrected chi connectivity index (χ4v) is 7.03. The van der Waals surface area contributed by atoms with E-state index in [0.717, 1.165) is 61.0 Å². The van der Waals surface area contributed by atoms with Crippen LogP contribution in [0.5, 0.6) is 0 Å². The molecule has 0 N–H and O–H groups in total. The average molecular weight is 689 g/mol. The lowest BCUT2D eigenvalue weighted by Crippen LogP contribution is -2.00. The first-order valence-electron chi connectivity index (χ1n) is 17.9. The lowest BCUT2D eigenvalue weighted by Gasteiger charge is -2.14. The van der Waals surface area contributed by atoms with Crippen LogP contribution >= 0.6 is 0 Å². The Labute approximate surface area is 314 Å². The molecule has 0 saturated heterocycles. The van der Waals surface area contributed by atoms with Gasteiger partial charge < -0.3 is 0 Å². The van der Waals surface area contributed by atoms with E-state index in [1.807, 2.05) is 60.7 Å². The maximum Gasteiger partial charge on any atom is 0.164 e. The van der Waals surface area contributed by atoms with E-state index >= 15 is 0 Å².